The number of imidazole rings is 1. The molecule has 1 aromatic heterocycles. The third-order valence-electron chi connectivity index (χ3n) is 7.01. The molecule has 0 fully saturated rings. The van der Waals surface area contributed by atoms with Crippen LogP contribution in [0, 0.1) is 0 Å². The van der Waals surface area contributed by atoms with Gasteiger partial charge in [-0.15, -0.1) is 0 Å². The minimum Gasteiger partial charge on any atom is -0.508 e. The fraction of sp³-hybridized carbons (Fsp3) is 0.516. The van der Waals surface area contributed by atoms with Crippen LogP contribution >= 0.6 is 11.8 Å². The van der Waals surface area contributed by atoms with Crippen molar-refractivity contribution in [3.63, 3.8) is 0 Å². The van der Waals surface area contributed by atoms with E-state index in [1.54, 1.807) is 19.1 Å². The lowest BCUT2D eigenvalue weighted by Crippen LogP contribution is -2.22. The lowest BCUT2D eigenvalue weighted by Gasteiger charge is -2.15. The van der Waals surface area contributed by atoms with Gasteiger partial charge in [-0.25, -0.2) is 4.98 Å². The van der Waals surface area contributed by atoms with Crippen LogP contribution in [0.15, 0.2) is 53.8 Å². The number of aliphatic hydroxyl groups is 2. The van der Waals surface area contributed by atoms with Gasteiger partial charge in [0.05, 0.1) is 44.3 Å². The van der Waals surface area contributed by atoms with Crippen molar-refractivity contribution in [2.75, 3.05) is 44.0 Å². The summed E-state index contributed by atoms with van der Waals surface area (Å²) in [6.07, 6.45) is 4.92. The zero-order valence-corrected chi connectivity index (χ0v) is 24.7. The highest BCUT2D eigenvalue weighted by Crippen LogP contribution is 2.27. The van der Waals surface area contributed by atoms with Crippen molar-refractivity contribution in [1.29, 1.82) is 0 Å². The highest BCUT2D eigenvalue weighted by molar-refractivity contribution is 7.99. The summed E-state index contributed by atoms with van der Waals surface area (Å²) in [7, 11) is 0. The van der Waals surface area contributed by atoms with Crippen molar-refractivity contribution in [1.82, 2.24) is 14.9 Å². The van der Waals surface area contributed by atoms with Crippen LogP contribution in [0.3, 0.4) is 0 Å². The van der Waals surface area contributed by atoms with Gasteiger partial charge in [0.25, 0.3) is 0 Å². The Bertz CT molecular complexity index is 1180. The number of fused-ring (bicyclic) bond motifs is 1. The van der Waals surface area contributed by atoms with E-state index in [2.05, 4.69) is 44.6 Å². The first-order valence-corrected chi connectivity index (χ1v) is 15.5. The van der Waals surface area contributed by atoms with Crippen LogP contribution < -0.4 is 10.6 Å². The number of nitrogens with one attached hydrogen (secondary N) is 2. The third-order valence-corrected chi connectivity index (χ3v) is 7.98. The van der Waals surface area contributed by atoms with Crippen LogP contribution in [0.4, 0.5) is 5.69 Å². The first kappa shape index (κ1) is 31.3. The Hall–Kier alpha value is -2.60. The van der Waals surface area contributed by atoms with Crippen LogP contribution in [-0.4, -0.2) is 63.5 Å². The van der Waals surface area contributed by atoms with Crippen molar-refractivity contribution in [3.8, 4) is 5.75 Å². The lowest BCUT2D eigenvalue weighted by atomic mass is 10.0. The minimum absolute atomic E-state index is 0.0405. The third kappa shape index (κ3) is 10.3. The second-order valence-electron chi connectivity index (χ2n) is 10.4. The molecule has 1 unspecified atom stereocenters. The molecule has 9 nitrogen and oxygen atoms in total. The van der Waals surface area contributed by atoms with Gasteiger partial charge in [0.15, 0.2) is 5.16 Å². The molecule has 2 atom stereocenters. The van der Waals surface area contributed by atoms with Crippen molar-refractivity contribution in [3.05, 3.63) is 71.0 Å². The molecular weight excluding hydrogens is 540 g/mol. The predicted molar refractivity (Wildman–Crippen MR) is 162 cm³/mol. The Morgan fingerprint density at radius 3 is 2.73 bits per heavy atom. The number of aromatic nitrogens is 2. The number of anilines is 1. The Morgan fingerprint density at radius 2 is 1.88 bits per heavy atom. The maximum Gasteiger partial charge on any atom is 0.168 e. The number of unbranched alkanes of at least 4 members (excludes halogenated alkanes) is 3. The number of aryl methyl sites for hydroxylation is 1. The summed E-state index contributed by atoms with van der Waals surface area (Å²) in [6, 6.07) is 13.2. The van der Waals surface area contributed by atoms with E-state index in [-0.39, 0.29) is 5.75 Å². The molecule has 1 aliphatic heterocycles. The molecule has 0 spiro atoms. The first-order valence-electron chi connectivity index (χ1n) is 14.6. The van der Waals surface area contributed by atoms with Crippen LogP contribution in [0.25, 0.3) is 0 Å². The average molecular weight is 585 g/mol. The fourth-order valence-corrected chi connectivity index (χ4v) is 5.66. The summed E-state index contributed by atoms with van der Waals surface area (Å²) >= 11 is 1.81. The number of ether oxygens (including phenoxy) is 2. The maximum absolute atomic E-state index is 10.4. The highest BCUT2D eigenvalue weighted by Gasteiger charge is 2.14. The largest absolute Gasteiger partial charge is 0.508 e. The number of hydrogen-bond acceptors (Lipinski definition) is 9. The van der Waals surface area contributed by atoms with Gasteiger partial charge in [-0.1, -0.05) is 42.8 Å². The predicted octanol–water partition coefficient (Wildman–Crippen LogP) is 4.78. The van der Waals surface area contributed by atoms with Crippen molar-refractivity contribution in [2.24, 2.45) is 0 Å². The average Bonchev–Trinajstić information content (AvgIpc) is 3.57. The zero-order chi connectivity index (χ0) is 28.9. The monoisotopic (exact) mass is 584 g/mol. The summed E-state index contributed by atoms with van der Waals surface area (Å²) in [5.41, 5.74) is 4.38. The minimum atomic E-state index is -0.781. The normalized spacial score (nSPS) is 14.2. The van der Waals surface area contributed by atoms with Gasteiger partial charge in [0.2, 0.25) is 0 Å². The molecule has 0 aliphatic carbocycles. The quantitative estimate of drug-likeness (QED) is 0.127. The Balaban J connectivity index is 0.966. The summed E-state index contributed by atoms with van der Waals surface area (Å²) in [4.78, 5) is 4.67. The molecule has 0 saturated heterocycles. The van der Waals surface area contributed by atoms with E-state index in [4.69, 9.17) is 9.47 Å². The number of benzene rings is 2. The Morgan fingerprint density at radius 1 is 1.02 bits per heavy atom. The van der Waals surface area contributed by atoms with Gasteiger partial charge < -0.3 is 40.0 Å². The molecule has 0 bridgehead atoms. The number of thioether (sulfide) groups is 1. The lowest BCUT2D eigenvalue weighted by molar-refractivity contribution is 0.0393. The molecule has 224 valence electrons. The molecule has 3 aromatic rings. The standard InChI is InChI=1S/C31H44N4O5S/c1-23(36)28-18-25(9-10-29(28)37)30(38)20-32-11-4-2-3-5-13-39-14-15-40-22-24-7-6-8-26(17-24)33-19-27-21-35-12-16-41-31(35)34-27/h6-10,17-18,21,23,30,32-33,36-38H,2-5,11-16,19-20,22H2,1H3/t23?,30-/m0/s1. The van der Waals surface area contributed by atoms with Crippen LogP contribution in [0.1, 0.15) is 67.2 Å². The second kappa shape index (κ2) is 16.7. The molecule has 10 heteroatoms. The van der Waals surface area contributed by atoms with Crippen LogP contribution in [-0.2, 0) is 29.2 Å². The van der Waals surface area contributed by atoms with E-state index in [1.807, 2.05) is 17.8 Å². The summed E-state index contributed by atoms with van der Waals surface area (Å²) in [5.74, 6) is 1.16. The van der Waals surface area contributed by atoms with E-state index >= 15 is 0 Å². The Labute approximate surface area is 247 Å². The number of nitrogens with zero attached hydrogens (tertiary/aromatic N) is 2. The fourth-order valence-electron chi connectivity index (χ4n) is 4.70. The molecule has 0 radical (unpaired) electrons. The molecular formula is C31H44N4O5S. The van der Waals surface area contributed by atoms with Gasteiger partial charge in [-0.2, -0.15) is 0 Å². The zero-order valence-electron chi connectivity index (χ0n) is 23.9. The van der Waals surface area contributed by atoms with E-state index < -0.39 is 12.2 Å². The number of hydrogen-bond donors (Lipinski definition) is 5. The van der Waals surface area contributed by atoms with E-state index in [1.165, 1.54) is 6.07 Å². The van der Waals surface area contributed by atoms with E-state index in [9.17, 15) is 15.3 Å². The summed E-state index contributed by atoms with van der Waals surface area (Å²) in [5, 5.41) is 37.8. The molecule has 2 heterocycles. The topological polar surface area (TPSA) is 121 Å². The van der Waals surface area contributed by atoms with E-state index in [0.717, 1.165) is 73.2 Å². The van der Waals surface area contributed by atoms with Crippen LogP contribution in [0.5, 0.6) is 5.75 Å². The van der Waals surface area contributed by atoms with E-state index in [0.29, 0.717) is 44.0 Å². The molecule has 0 amide bonds. The number of phenols is 1. The smallest absolute Gasteiger partial charge is 0.168 e. The molecule has 2 aromatic carbocycles. The first-order chi connectivity index (χ1) is 20.0. The van der Waals surface area contributed by atoms with Gasteiger partial charge in [-0.3, -0.25) is 0 Å². The number of phenolic OH excluding ortho intramolecular Hbond substituents is 1. The van der Waals surface area contributed by atoms with Crippen molar-refractivity contribution in [2.45, 2.75) is 69.7 Å². The Kier molecular flexibility index (Phi) is 12.8. The summed E-state index contributed by atoms with van der Waals surface area (Å²) in [6.45, 7) is 7.07. The highest BCUT2D eigenvalue weighted by atomic mass is 32.2. The molecule has 41 heavy (non-hydrogen) atoms. The molecule has 5 N–H and O–H groups in total. The maximum atomic E-state index is 10.4. The van der Waals surface area contributed by atoms with Gasteiger partial charge in [0, 0.05) is 42.9 Å². The number of aromatic hydroxyl groups is 1. The van der Waals surface area contributed by atoms with Crippen molar-refractivity contribution < 1.29 is 24.8 Å². The molecule has 0 saturated carbocycles. The molecule has 1 aliphatic rings. The van der Waals surface area contributed by atoms with Crippen molar-refractivity contribution >= 4 is 17.4 Å². The SMILES string of the molecule is CC(O)c1cc([C@@H](O)CNCCCCCCOCCOCc2cccc(NCc3cn4c(n3)SCC4)c2)ccc1O. The second-order valence-corrected chi connectivity index (χ2v) is 11.5. The number of rotatable bonds is 19. The van der Waals surface area contributed by atoms with Gasteiger partial charge in [-0.05, 0) is 61.7 Å². The van der Waals surface area contributed by atoms with Crippen LogP contribution in [0.2, 0.25) is 0 Å². The number of aliphatic hydroxyl groups excluding tert-OH is 2. The molecule has 4 rings (SSSR count). The van der Waals surface area contributed by atoms with Gasteiger partial charge in [0.1, 0.15) is 5.75 Å². The van der Waals surface area contributed by atoms with Gasteiger partial charge >= 0.3 is 0 Å². The summed E-state index contributed by atoms with van der Waals surface area (Å²) < 4.78 is 13.7.